The van der Waals surface area contributed by atoms with Crippen LogP contribution in [-0.4, -0.2) is 44.4 Å². The van der Waals surface area contributed by atoms with Gasteiger partial charge in [0.2, 0.25) is 0 Å². The number of nitrogens with zero attached hydrogens (tertiary/aromatic N) is 2. The van der Waals surface area contributed by atoms with Crippen LogP contribution in [0.5, 0.6) is 0 Å². The number of likely N-dealkylation sites (tertiary alicyclic amines) is 1. The van der Waals surface area contributed by atoms with E-state index in [1.807, 2.05) is 0 Å². The molecule has 0 aromatic heterocycles. The molecule has 1 heterocycles. The third kappa shape index (κ3) is 6.80. The Balaban J connectivity index is 2.04. The van der Waals surface area contributed by atoms with Crippen molar-refractivity contribution in [2.45, 2.75) is 77.6 Å². The largest absolute Gasteiger partial charge is 0.444 e. The van der Waals surface area contributed by atoms with Crippen molar-refractivity contribution in [3.63, 3.8) is 0 Å². The molecule has 1 aromatic carbocycles. The van der Waals surface area contributed by atoms with Gasteiger partial charge in [-0.3, -0.25) is 0 Å². The van der Waals surface area contributed by atoms with Gasteiger partial charge in [-0.25, -0.2) is 22.2 Å². The maximum atomic E-state index is 15.0. The summed E-state index contributed by atoms with van der Waals surface area (Å²) in [5, 5.41) is 0. The lowest BCUT2D eigenvalue weighted by Gasteiger charge is -2.40. The summed E-state index contributed by atoms with van der Waals surface area (Å²) in [6.45, 7) is 12.6. The van der Waals surface area contributed by atoms with Gasteiger partial charge in [0.05, 0.1) is 16.0 Å². The maximum Gasteiger partial charge on any atom is 0.410 e. The number of rotatable bonds is 6. The Morgan fingerprint density at radius 3 is 2.31 bits per heavy atom. The van der Waals surface area contributed by atoms with Crippen LogP contribution in [0.15, 0.2) is 22.6 Å². The van der Waals surface area contributed by atoms with Crippen LogP contribution in [0, 0.1) is 11.7 Å². The lowest BCUT2D eigenvalue weighted by atomic mass is 9.90. The molecule has 1 aliphatic heterocycles. The molecular weight excluding hydrogens is 441 g/mol. The van der Waals surface area contributed by atoms with Crippen molar-refractivity contribution >= 4 is 22.8 Å². The lowest BCUT2D eigenvalue weighted by molar-refractivity contribution is -0.0359. The summed E-state index contributed by atoms with van der Waals surface area (Å²) >= 11 is 0. The van der Waals surface area contributed by atoms with E-state index < -0.39 is 51.2 Å². The highest BCUT2D eigenvalue weighted by molar-refractivity contribution is 7.85. The highest BCUT2D eigenvalue weighted by Crippen LogP contribution is 2.38. The molecule has 5 nitrogen and oxygen atoms in total. The molecule has 180 valence electrons. The average Bonchev–Trinajstić information content (AvgIpc) is 2.57. The number of carbonyl (C=O) groups excluding carboxylic acids is 1. The fraction of sp³-hybridized carbons (Fsp3) is 0.652. The number of halogens is 3. The normalized spacial score (nSPS) is 17.2. The molecule has 1 aliphatic rings. The third-order valence-corrected chi connectivity index (χ3v) is 6.49. The van der Waals surface area contributed by atoms with Crippen molar-refractivity contribution in [2.75, 3.05) is 13.1 Å². The van der Waals surface area contributed by atoms with Gasteiger partial charge in [-0.05, 0) is 60.8 Å². The van der Waals surface area contributed by atoms with Crippen LogP contribution in [0.2, 0.25) is 0 Å². The van der Waals surface area contributed by atoms with Crippen molar-refractivity contribution < 1.29 is 26.9 Å². The van der Waals surface area contributed by atoms with Crippen molar-refractivity contribution in [2.24, 2.45) is 10.3 Å². The minimum Gasteiger partial charge on any atom is -0.444 e. The van der Waals surface area contributed by atoms with Gasteiger partial charge in [0.15, 0.2) is 0 Å². The van der Waals surface area contributed by atoms with E-state index in [0.29, 0.717) is 13.1 Å². The summed E-state index contributed by atoms with van der Waals surface area (Å²) < 4.78 is 65.6. The molecule has 1 atom stereocenters. The van der Waals surface area contributed by atoms with Gasteiger partial charge in [-0.2, -0.15) is 4.40 Å². The molecule has 0 aliphatic carbocycles. The molecular formula is C23H33F3N2O3S. The molecule has 9 heteroatoms. The fourth-order valence-electron chi connectivity index (χ4n) is 3.15. The van der Waals surface area contributed by atoms with Gasteiger partial charge in [0.1, 0.15) is 22.4 Å². The third-order valence-electron chi connectivity index (χ3n) is 5.00. The molecule has 0 spiro atoms. The van der Waals surface area contributed by atoms with Crippen LogP contribution in [0.4, 0.5) is 18.0 Å². The van der Waals surface area contributed by atoms with Gasteiger partial charge in [0.25, 0.3) is 5.92 Å². The summed E-state index contributed by atoms with van der Waals surface area (Å²) in [6, 6.07) is 3.78. The number of alkyl halides is 2. The Labute approximate surface area is 191 Å². The van der Waals surface area contributed by atoms with Gasteiger partial charge in [-0.1, -0.05) is 18.2 Å². The molecule has 0 unspecified atom stereocenters. The van der Waals surface area contributed by atoms with Crippen LogP contribution in [0.25, 0.3) is 0 Å². The minimum atomic E-state index is -3.38. The Hall–Kier alpha value is -1.90. The first-order valence-electron chi connectivity index (χ1n) is 10.6. The zero-order valence-corrected chi connectivity index (χ0v) is 20.6. The Kier molecular flexibility index (Phi) is 7.85. The molecule has 1 saturated heterocycles. The first kappa shape index (κ1) is 26.4. The number of hydrogen-bond donors (Lipinski definition) is 0. The van der Waals surface area contributed by atoms with E-state index in [1.165, 1.54) is 24.0 Å². The van der Waals surface area contributed by atoms with Crippen molar-refractivity contribution in [3.8, 4) is 0 Å². The van der Waals surface area contributed by atoms with Gasteiger partial charge in [0, 0.05) is 25.1 Å². The van der Waals surface area contributed by atoms with Crippen LogP contribution in [0.1, 0.15) is 72.4 Å². The second kappa shape index (κ2) is 9.53. The van der Waals surface area contributed by atoms with E-state index >= 15 is 0 Å². The van der Waals surface area contributed by atoms with E-state index in [9.17, 15) is 22.2 Å². The van der Waals surface area contributed by atoms with Crippen molar-refractivity contribution in [1.29, 1.82) is 0 Å². The first-order chi connectivity index (χ1) is 14.5. The predicted octanol–water partition coefficient (Wildman–Crippen LogP) is 5.84. The molecule has 32 heavy (non-hydrogen) atoms. The molecule has 0 radical (unpaired) electrons. The topological polar surface area (TPSA) is 59.0 Å². The average molecular weight is 475 g/mol. The summed E-state index contributed by atoms with van der Waals surface area (Å²) in [4.78, 5) is 13.4. The van der Waals surface area contributed by atoms with E-state index in [0.717, 1.165) is 6.07 Å². The monoisotopic (exact) mass is 474 g/mol. The molecule has 1 fully saturated rings. The van der Waals surface area contributed by atoms with Crippen LogP contribution in [-0.2, 0) is 21.6 Å². The van der Waals surface area contributed by atoms with Gasteiger partial charge < -0.3 is 9.64 Å². The van der Waals surface area contributed by atoms with Crippen LogP contribution < -0.4 is 0 Å². The Morgan fingerprint density at radius 2 is 1.78 bits per heavy atom. The lowest BCUT2D eigenvalue weighted by Crippen LogP contribution is -2.51. The quantitative estimate of drug-likeness (QED) is 0.487. The Morgan fingerprint density at radius 1 is 1.19 bits per heavy atom. The molecule has 0 N–H and O–H groups in total. The van der Waals surface area contributed by atoms with Crippen LogP contribution >= 0.6 is 0 Å². The number of carbonyl (C=O) groups is 1. The zero-order chi connectivity index (χ0) is 24.5. The zero-order valence-electron chi connectivity index (χ0n) is 19.8. The number of amides is 1. The van der Waals surface area contributed by atoms with Gasteiger partial charge in [-0.15, -0.1) is 0 Å². The molecule has 1 aromatic rings. The predicted molar refractivity (Wildman–Crippen MR) is 121 cm³/mol. The van der Waals surface area contributed by atoms with Gasteiger partial charge >= 0.3 is 6.09 Å². The highest BCUT2D eigenvalue weighted by Gasteiger charge is 2.39. The van der Waals surface area contributed by atoms with E-state index in [-0.39, 0.29) is 23.6 Å². The van der Waals surface area contributed by atoms with Crippen molar-refractivity contribution in [3.05, 3.63) is 35.1 Å². The SMILES string of the molecule is C/C(=N/[S@@](=O)C(C)(C)C)c1cccc(C(F)(F)CCC2CN(C(=O)OC(C)(C)C)C2)c1F. The van der Waals surface area contributed by atoms with E-state index in [4.69, 9.17) is 4.74 Å². The number of hydrogen-bond acceptors (Lipinski definition) is 3. The van der Waals surface area contributed by atoms with E-state index in [2.05, 4.69) is 4.40 Å². The summed E-state index contributed by atoms with van der Waals surface area (Å²) in [5.74, 6) is -4.51. The second-order valence-electron chi connectivity index (χ2n) is 10.2. The summed E-state index contributed by atoms with van der Waals surface area (Å²) in [5.41, 5.74) is -1.28. The molecule has 0 saturated carbocycles. The van der Waals surface area contributed by atoms with Crippen LogP contribution in [0.3, 0.4) is 0 Å². The second-order valence-corrected chi connectivity index (χ2v) is 12.1. The fourth-order valence-corrected chi connectivity index (χ4v) is 3.77. The molecule has 2 rings (SSSR count). The number of ether oxygens (including phenoxy) is 1. The minimum absolute atomic E-state index is 0.0838. The van der Waals surface area contributed by atoms with E-state index in [1.54, 1.807) is 41.5 Å². The summed E-state index contributed by atoms with van der Waals surface area (Å²) in [6.07, 6.45) is -0.844. The highest BCUT2D eigenvalue weighted by atomic mass is 32.2. The molecule has 1 amide bonds. The molecule has 0 bridgehead atoms. The first-order valence-corrected chi connectivity index (χ1v) is 11.7. The summed E-state index contributed by atoms with van der Waals surface area (Å²) in [7, 11) is -1.63. The Bertz CT molecular complexity index is 899. The van der Waals surface area contributed by atoms with Crippen molar-refractivity contribution in [1.82, 2.24) is 4.90 Å². The smallest absolute Gasteiger partial charge is 0.410 e. The number of benzene rings is 1. The maximum absolute atomic E-state index is 15.0. The standard InChI is InChI=1S/C23H33F3N2O3S/c1-15(27-32(30)22(5,6)7)17-9-8-10-18(19(17)24)23(25,26)12-11-16-13-28(14-16)20(29)31-21(2,3)4/h8-10,16H,11-14H2,1-7H3/b27-15-/t32-/m0/s1.